The Morgan fingerprint density at radius 3 is 2.63 bits per heavy atom. The predicted molar refractivity (Wildman–Crippen MR) is 117 cm³/mol. The fraction of sp³-hybridized carbons (Fsp3) is 0.700. The number of hydrogen-bond donors (Lipinski definition) is 2. The predicted octanol–water partition coefficient (Wildman–Crippen LogP) is 0.988. The van der Waals surface area contributed by atoms with Gasteiger partial charge in [-0.1, -0.05) is 0 Å². The van der Waals surface area contributed by atoms with Crippen molar-refractivity contribution >= 4 is 21.6 Å². The molecule has 2 aromatic rings. The van der Waals surface area contributed by atoms with Gasteiger partial charge in [-0.25, -0.2) is 4.79 Å². The van der Waals surface area contributed by atoms with Gasteiger partial charge in [-0.2, -0.15) is 0 Å². The normalized spacial score (nSPS) is 16.9. The average molecular weight is 441 g/mol. The van der Waals surface area contributed by atoms with Crippen molar-refractivity contribution in [2.75, 3.05) is 34.0 Å². The molecule has 1 aliphatic rings. The van der Waals surface area contributed by atoms with E-state index < -0.39 is 0 Å². The Bertz CT molecular complexity index is 957. The Balaban J connectivity index is 1.83. The van der Waals surface area contributed by atoms with E-state index in [0.29, 0.717) is 38.2 Å². The zero-order valence-electron chi connectivity index (χ0n) is 18.2. The van der Waals surface area contributed by atoms with Crippen molar-refractivity contribution in [2.45, 2.75) is 58.7 Å². The van der Waals surface area contributed by atoms with Gasteiger partial charge in [0.15, 0.2) is 6.29 Å². The zero-order valence-corrected chi connectivity index (χ0v) is 19.0. The fourth-order valence-corrected chi connectivity index (χ4v) is 5.03. The van der Waals surface area contributed by atoms with Gasteiger partial charge in [0, 0.05) is 52.0 Å². The molecule has 168 valence electrons. The molecule has 3 rings (SSSR count). The van der Waals surface area contributed by atoms with Gasteiger partial charge in [0.1, 0.15) is 4.83 Å². The molecule has 1 aliphatic heterocycles. The van der Waals surface area contributed by atoms with Crippen molar-refractivity contribution in [3.8, 4) is 0 Å². The first-order chi connectivity index (χ1) is 14.5. The van der Waals surface area contributed by atoms with Gasteiger partial charge in [0.25, 0.3) is 5.56 Å². The maximum Gasteiger partial charge on any atom is 0.332 e. The maximum atomic E-state index is 13.0. The number of aromatic nitrogens is 2. The summed E-state index contributed by atoms with van der Waals surface area (Å²) in [6, 6.07) is 0. The Kier molecular flexibility index (Phi) is 8.20. The standard InChI is InChI=1S/C20H32N4O5S/c1-5-23-18(25)17-13(2)15(9-21-12-22-10-16(27-3)28-4)30-19(17)24(20(23)26)11-14-7-6-8-29-14/h14,16,21-22H,5-12H2,1-4H3. The van der Waals surface area contributed by atoms with Crippen LogP contribution in [0.1, 0.15) is 30.2 Å². The average Bonchev–Trinajstić information content (AvgIpc) is 3.36. The topological polar surface area (TPSA) is 95.8 Å². The molecule has 1 saturated heterocycles. The molecule has 1 fully saturated rings. The molecule has 0 bridgehead atoms. The second-order valence-corrected chi connectivity index (χ2v) is 8.45. The van der Waals surface area contributed by atoms with Crippen LogP contribution in [0.25, 0.3) is 10.2 Å². The minimum atomic E-state index is -0.294. The van der Waals surface area contributed by atoms with Crippen LogP contribution < -0.4 is 21.9 Å². The number of thiophene rings is 1. The van der Waals surface area contributed by atoms with Crippen LogP contribution in [0.3, 0.4) is 0 Å². The van der Waals surface area contributed by atoms with Crippen molar-refractivity contribution in [1.82, 2.24) is 19.8 Å². The molecule has 0 saturated carbocycles. The summed E-state index contributed by atoms with van der Waals surface area (Å²) in [6.45, 7) is 7.08. The van der Waals surface area contributed by atoms with E-state index in [2.05, 4.69) is 10.6 Å². The second-order valence-electron chi connectivity index (χ2n) is 7.37. The molecule has 0 amide bonds. The highest BCUT2D eigenvalue weighted by Crippen LogP contribution is 2.28. The van der Waals surface area contributed by atoms with E-state index in [1.165, 1.54) is 15.9 Å². The van der Waals surface area contributed by atoms with Crippen molar-refractivity contribution in [1.29, 1.82) is 0 Å². The molecule has 2 N–H and O–H groups in total. The molecule has 1 unspecified atom stereocenters. The number of rotatable bonds is 11. The summed E-state index contributed by atoms with van der Waals surface area (Å²) in [5, 5.41) is 7.19. The first-order valence-electron chi connectivity index (χ1n) is 10.4. The number of nitrogens with one attached hydrogen (secondary N) is 2. The second kappa shape index (κ2) is 10.7. The van der Waals surface area contributed by atoms with Crippen LogP contribution in [0.5, 0.6) is 0 Å². The van der Waals surface area contributed by atoms with Gasteiger partial charge in [0.2, 0.25) is 0 Å². The van der Waals surface area contributed by atoms with E-state index in [-0.39, 0.29) is 23.6 Å². The monoisotopic (exact) mass is 440 g/mol. The Hall–Kier alpha value is -1.56. The maximum absolute atomic E-state index is 13.0. The third-order valence-electron chi connectivity index (χ3n) is 5.49. The Morgan fingerprint density at radius 1 is 1.23 bits per heavy atom. The lowest BCUT2D eigenvalue weighted by molar-refractivity contribution is -0.0988. The van der Waals surface area contributed by atoms with Gasteiger partial charge in [-0.05, 0) is 32.3 Å². The lowest BCUT2D eigenvalue weighted by Gasteiger charge is -2.14. The summed E-state index contributed by atoms with van der Waals surface area (Å²) >= 11 is 1.51. The summed E-state index contributed by atoms with van der Waals surface area (Å²) in [7, 11) is 3.20. The van der Waals surface area contributed by atoms with Crippen molar-refractivity contribution in [3.63, 3.8) is 0 Å². The summed E-state index contributed by atoms with van der Waals surface area (Å²) in [5.41, 5.74) is 0.475. The first-order valence-corrected chi connectivity index (χ1v) is 11.2. The van der Waals surface area contributed by atoms with E-state index in [0.717, 1.165) is 34.7 Å². The Labute approximate surface area is 179 Å². The van der Waals surface area contributed by atoms with Gasteiger partial charge < -0.3 is 14.2 Å². The van der Waals surface area contributed by atoms with Crippen LogP contribution in [-0.4, -0.2) is 55.6 Å². The minimum absolute atomic E-state index is 0.0244. The molecule has 9 nitrogen and oxygen atoms in total. The van der Waals surface area contributed by atoms with Crippen LogP contribution in [0.15, 0.2) is 9.59 Å². The third-order valence-corrected chi connectivity index (χ3v) is 6.81. The SMILES string of the molecule is CCn1c(=O)c2c(C)c(CNCNCC(OC)OC)sc2n(CC2CCCO2)c1=O. The number of hydrogen-bond acceptors (Lipinski definition) is 8. The Morgan fingerprint density at radius 2 is 2.00 bits per heavy atom. The highest BCUT2D eigenvalue weighted by Gasteiger charge is 2.23. The number of nitrogens with zero attached hydrogens (tertiary/aromatic N) is 2. The van der Waals surface area contributed by atoms with Gasteiger partial charge >= 0.3 is 5.69 Å². The summed E-state index contributed by atoms with van der Waals surface area (Å²) in [5.74, 6) is 0. The molecule has 0 aromatic carbocycles. The van der Waals surface area contributed by atoms with Crippen molar-refractivity contribution in [2.24, 2.45) is 0 Å². The number of ether oxygens (including phenoxy) is 3. The third kappa shape index (κ3) is 4.84. The molecule has 10 heteroatoms. The summed E-state index contributed by atoms with van der Waals surface area (Å²) in [4.78, 5) is 27.8. The highest BCUT2D eigenvalue weighted by molar-refractivity contribution is 7.18. The van der Waals surface area contributed by atoms with Crippen molar-refractivity contribution in [3.05, 3.63) is 31.3 Å². The lowest BCUT2D eigenvalue weighted by Crippen LogP contribution is -2.40. The lowest BCUT2D eigenvalue weighted by atomic mass is 10.2. The molecule has 3 heterocycles. The number of fused-ring (bicyclic) bond motifs is 1. The van der Waals surface area contributed by atoms with E-state index in [1.54, 1.807) is 18.8 Å². The molecule has 0 aliphatic carbocycles. The van der Waals surface area contributed by atoms with Crippen LogP contribution in [0.4, 0.5) is 0 Å². The van der Waals surface area contributed by atoms with Gasteiger partial charge in [-0.3, -0.25) is 24.6 Å². The van der Waals surface area contributed by atoms with Gasteiger partial charge in [-0.15, -0.1) is 11.3 Å². The molecular weight excluding hydrogens is 408 g/mol. The molecule has 0 radical (unpaired) electrons. The number of aryl methyl sites for hydroxylation is 1. The molecule has 1 atom stereocenters. The van der Waals surface area contributed by atoms with Crippen LogP contribution in [-0.2, 0) is 33.8 Å². The van der Waals surface area contributed by atoms with Crippen LogP contribution >= 0.6 is 11.3 Å². The summed E-state index contributed by atoms with van der Waals surface area (Å²) in [6.07, 6.45) is 1.68. The first kappa shape index (κ1) is 23.1. The van der Waals surface area contributed by atoms with Crippen molar-refractivity contribution < 1.29 is 14.2 Å². The fourth-order valence-electron chi connectivity index (χ4n) is 3.76. The smallest absolute Gasteiger partial charge is 0.332 e. The van der Waals surface area contributed by atoms with E-state index in [4.69, 9.17) is 14.2 Å². The molecule has 0 spiro atoms. The van der Waals surface area contributed by atoms with Crippen LogP contribution in [0.2, 0.25) is 0 Å². The van der Waals surface area contributed by atoms with Gasteiger partial charge in [0.05, 0.1) is 18.0 Å². The largest absolute Gasteiger partial charge is 0.376 e. The molecular formula is C20H32N4O5S. The van der Waals surface area contributed by atoms with E-state index >= 15 is 0 Å². The quantitative estimate of drug-likeness (QED) is 0.397. The zero-order chi connectivity index (χ0) is 21.7. The summed E-state index contributed by atoms with van der Waals surface area (Å²) < 4.78 is 19.1. The highest BCUT2D eigenvalue weighted by atomic mass is 32.1. The van der Waals surface area contributed by atoms with Crippen LogP contribution in [0, 0.1) is 6.92 Å². The molecule has 2 aromatic heterocycles. The van der Waals surface area contributed by atoms with E-state index in [1.807, 2.05) is 13.8 Å². The van der Waals surface area contributed by atoms with E-state index in [9.17, 15) is 9.59 Å². The molecule has 30 heavy (non-hydrogen) atoms. The minimum Gasteiger partial charge on any atom is -0.376 e. The number of methoxy groups -OCH3 is 2.